The molecule has 5 nitrogen and oxygen atoms in total. The van der Waals surface area contributed by atoms with Crippen molar-refractivity contribution < 1.29 is 22.7 Å². The van der Waals surface area contributed by atoms with E-state index in [0.717, 1.165) is 29.8 Å². The largest absolute Gasteiger partial charge is 0.473 e. The van der Waals surface area contributed by atoms with Crippen molar-refractivity contribution in [1.82, 2.24) is 9.97 Å². The molecule has 0 radical (unpaired) electrons. The number of amides is 1. The predicted molar refractivity (Wildman–Crippen MR) is 92.8 cm³/mol. The van der Waals surface area contributed by atoms with E-state index in [1.807, 2.05) is 30.3 Å². The van der Waals surface area contributed by atoms with E-state index in [2.05, 4.69) is 9.97 Å². The number of alkyl halides is 3. The second-order valence-electron chi connectivity index (χ2n) is 5.26. The quantitative estimate of drug-likeness (QED) is 0.751. The zero-order chi connectivity index (χ0) is 19.7. The van der Waals surface area contributed by atoms with Gasteiger partial charge in [0.1, 0.15) is 6.61 Å². The van der Waals surface area contributed by atoms with Crippen molar-refractivity contribution in [2.45, 2.75) is 12.8 Å². The second-order valence-corrected chi connectivity index (χ2v) is 5.26. The number of pyridine rings is 2. The van der Waals surface area contributed by atoms with Crippen LogP contribution in [0.1, 0.15) is 21.5 Å². The number of carbonyl (C=O) groups is 1. The molecule has 0 aliphatic carbocycles. The molecule has 0 bridgehead atoms. The summed E-state index contributed by atoms with van der Waals surface area (Å²) in [4.78, 5) is 18.6. The standard InChI is InChI=1S/C11H10N2O.C8H6F3NO/c1-2-7-13-11(5-1)14-9-10-4-3-6-12-8-10;9-8(10,11)6-3-1-5(2-4-6)7(12)13/h1-8H,9H2;1-4H,(H2,12,13). The number of hydrogen-bond donors (Lipinski definition) is 1. The van der Waals surface area contributed by atoms with Crippen molar-refractivity contribution in [3.8, 4) is 5.88 Å². The number of primary amides is 1. The van der Waals surface area contributed by atoms with E-state index in [0.29, 0.717) is 12.5 Å². The summed E-state index contributed by atoms with van der Waals surface area (Å²) in [6.45, 7) is 0.505. The maximum absolute atomic E-state index is 12.0. The van der Waals surface area contributed by atoms with Gasteiger partial charge in [0.15, 0.2) is 0 Å². The van der Waals surface area contributed by atoms with Gasteiger partial charge in [-0.15, -0.1) is 0 Å². The molecule has 0 aliphatic heterocycles. The van der Waals surface area contributed by atoms with Crippen LogP contribution >= 0.6 is 0 Å². The smallest absolute Gasteiger partial charge is 0.416 e. The molecule has 0 atom stereocenters. The molecule has 0 unspecified atom stereocenters. The van der Waals surface area contributed by atoms with Gasteiger partial charge in [0.05, 0.1) is 5.56 Å². The third-order valence-corrected chi connectivity index (χ3v) is 3.24. The fourth-order valence-corrected chi connectivity index (χ4v) is 1.90. The molecule has 0 aliphatic rings. The first-order chi connectivity index (χ1) is 12.9. The third kappa shape index (κ3) is 6.77. The van der Waals surface area contributed by atoms with Gasteiger partial charge >= 0.3 is 6.18 Å². The van der Waals surface area contributed by atoms with E-state index in [1.54, 1.807) is 18.6 Å². The Hall–Kier alpha value is -3.42. The molecular weight excluding hydrogens is 359 g/mol. The summed E-state index contributed by atoms with van der Waals surface area (Å²) < 4.78 is 41.5. The molecule has 2 heterocycles. The van der Waals surface area contributed by atoms with Gasteiger partial charge in [-0.2, -0.15) is 13.2 Å². The van der Waals surface area contributed by atoms with Crippen LogP contribution in [0.3, 0.4) is 0 Å². The molecule has 0 saturated carbocycles. The average Bonchev–Trinajstić information content (AvgIpc) is 2.68. The van der Waals surface area contributed by atoms with Crippen LogP contribution in [-0.4, -0.2) is 15.9 Å². The molecule has 1 aromatic carbocycles. The van der Waals surface area contributed by atoms with Crippen molar-refractivity contribution in [1.29, 1.82) is 0 Å². The van der Waals surface area contributed by atoms with E-state index in [1.165, 1.54) is 0 Å². The number of aromatic nitrogens is 2. The molecule has 3 rings (SSSR count). The van der Waals surface area contributed by atoms with Crippen LogP contribution in [0.2, 0.25) is 0 Å². The summed E-state index contributed by atoms with van der Waals surface area (Å²) in [6, 6.07) is 13.2. The van der Waals surface area contributed by atoms with Crippen LogP contribution in [0, 0.1) is 0 Å². The first kappa shape index (κ1) is 19.9. The fraction of sp³-hybridized carbons (Fsp3) is 0.105. The number of halogens is 3. The highest BCUT2D eigenvalue weighted by molar-refractivity contribution is 5.92. The molecule has 1 amide bonds. The van der Waals surface area contributed by atoms with Gasteiger partial charge in [-0.1, -0.05) is 12.1 Å². The Morgan fingerprint density at radius 2 is 1.74 bits per heavy atom. The topological polar surface area (TPSA) is 78.1 Å². The summed E-state index contributed by atoms with van der Waals surface area (Å²) in [7, 11) is 0. The van der Waals surface area contributed by atoms with Crippen molar-refractivity contribution in [3.05, 3.63) is 89.9 Å². The van der Waals surface area contributed by atoms with Gasteiger partial charge in [0.2, 0.25) is 11.8 Å². The Kier molecular flexibility index (Phi) is 6.87. The van der Waals surface area contributed by atoms with Crippen LogP contribution in [-0.2, 0) is 12.8 Å². The van der Waals surface area contributed by atoms with Crippen molar-refractivity contribution in [2.24, 2.45) is 5.73 Å². The maximum Gasteiger partial charge on any atom is 0.416 e. The first-order valence-corrected chi connectivity index (χ1v) is 7.76. The van der Waals surface area contributed by atoms with E-state index in [9.17, 15) is 18.0 Å². The summed E-state index contributed by atoms with van der Waals surface area (Å²) in [5.74, 6) is -0.106. The Morgan fingerprint density at radius 1 is 1.00 bits per heavy atom. The lowest BCUT2D eigenvalue weighted by molar-refractivity contribution is -0.137. The number of rotatable bonds is 4. The third-order valence-electron chi connectivity index (χ3n) is 3.24. The Labute approximate surface area is 153 Å². The van der Waals surface area contributed by atoms with Crippen LogP contribution in [0.15, 0.2) is 73.2 Å². The molecule has 27 heavy (non-hydrogen) atoms. The zero-order valence-corrected chi connectivity index (χ0v) is 14.1. The van der Waals surface area contributed by atoms with Crippen LogP contribution in [0.4, 0.5) is 13.2 Å². The van der Waals surface area contributed by atoms with Crippen molar-refractivity contribution in [3.63, 3.8) is 0 Å². The molecule has 0 fully saturated rings. The first-order valence-electron chi connectivity index (χ1n) is 7.76. The van der Waals surface area contributed by atoms with Crippen LogP contribution in [0.25, 0.3) is 0 Å². The monoisotopic (exact) mass is 375 g/mol. The lowest BCUT2D eigenvalue weighted by Crippen LogP contribution is -2.11. The van der Waals surface area contributed by atoms with Crippen molar-refractivity contribution in [2.75, 3.05) is 0 Å². The molecule has 0 saturated heterocycles. The Balaban J connectivity index is 0.000000194. The van der Waals surface area contributed by atoms with E-state index in [-0.39, 0.29) is 5.56 Å². The minimum absolute atomic E-state index is 0.0630. The van der Waals surface area contributed by atoms with E-state index >= 15 is 0 Å². The highest BCUT2D eigenvalue weighted by atomic mass is 19.4. The lowest BCUT2D eigenvalue weighted by Gasteiger charge is -2.05. The molecule has 0 spiro atoms. The van der Waals surface area contributed by atoms with Gasteiger partial charge in [0, 0.05) is 35.8 Å². The van der Waals surface area contributed by atoms with Gasteiger partial charge in [-0.05, 0) is 36.4 Å². The highest BCUT2D eigenvalue weighted by Gasteiger charge is 2.30. The molecule has 2 aromatic heterocycles. The van der Waals surface area contributed by atoms with Gasteiger partial charge < -0.3 is 10.5 Å². The normalized spacial score (nSPS) is 10.5. The molecule has 140 valence electrons. The molecular formula is C19H16F3N3O2. The molecule has 2 N–H and O–H groups in total. The minimum Gasteiger partial charge on any atom is -0.473 e. The summed E-state index contributed by atoms with van der Waals surface area (Å²) in [6.07, 6.45) is 0.849. The summed E-state index contributed by atoms with van der Waals surface area (Å²) >= 11 is 0. The lowest BCUT2D eigenvalue weighted by atomic mass is 10.1. The Morgan fingerprint density at radius 3 is 2.26 bits per heavy atom. The molecule has 8 heteroatoms. The summed E-state index contributed by atoms with van der Waals surface area (Å²) in [5, 5.41) is 0. The highest BCUT2D eigenvalue weighted by Crippen LogP contribution is 2.28. The van der Waals surface area contributed by atoms with E-state index < -0.39 is 17.6 Å². The fourth-order valence-electron chi connectivity index (χ4n) is 1.90. The van der Waals surface area contributed by atoms with E-state index in [4.69, 9.17) is 10.5 Å². The zero-order valence-electron chi connectivity index (χ0n) is 14.1. The second kappa shape index (κ2) is 9.33. The van der Waals surface area contributed by atoms with Gasteiger partial charge in [0.25, 0.3) is 0 Å². The van der Waals surface area contributed by atoms with Gasteiger partial charge in [-0.25, -0.2) is 4.98 Å². The predicted octanol–water partition coefficient (Wildman–Crippen LogP) is 3.86. The van der Waals surface area contributed by atoms with Crippen LogP contribution in [0.5, 0.6) is 5.88 Å². The maximum atomic E-state index is 12.0. The Bertz CT molecular complexity index is 800. The summed E-state index contributed by atoms with van der Waals surface area (Å²) in [5.41, 5.74) is 5.16. The number of carbonyl (C=O) groups excluding carboxylic acids is 1. The average molecular weight is 375 g/mol. The number of nitrogens with zero attached hydrogens (tertiary/aromatic N) is 2. The SMILES string of the molecule is NC(=O)c1ccc(C(F)(F)F)cc1.c1ccc(OCc2cccnc2)nc1. The van der Waals surface area contributed by atoms with Gasteiger partial charge in [-0.3, -0.25) is 9.78 Å². The number of hydrogen-bond acceptors (Lipinski definition) is 4. The number of benzene rings is 1. The van der Waals surface area contributed by atoms with Crippen molar-refractivity contribution >= 4 is 5.91 Å². The number of ether oxygens (including phenoxy) is 1. The van der Waals surface area contributed by atoms with Crippen LogP contribution < -0.4 is 10.5 Å². The number of nitrogens with two attached hydrogens (primary N) is 1. The minimum atomic E-state index is -4.38. The molecule has 3 aromatic rings.